The van der Waals surface area contributed by atoms with Crippen LogP contribution in [0, 0.1) is 5.92 Å². The third kappa shape index (κ3) is 6.00. The Bertz CT molecular complexity index is 918. The van der Waals surface area contributed by atoms with Crippen LogP contribution in [0.5, 0.6) is 0 Å². The minimum absolute atomic E-state index is 0.0770. The van der Waals surface area contributed by atoms with Crippen molar-refractivity contribution in [1.29, 1.82) is 0 Å². The van der Waals surface area contributed by atoms with Gasteiger partial charge in [0.05, 0.1) is 5.02 Å². The lowest BCUT2D eigenvalue weighted by Crippen LogP contribution is -2.55. The molecular formula is C22H28ClF3N6O2. The number of hydrogen-bond acceptors (Lipinski definition) is 6. The van der Waals surface area contributed by atoms with Crippen LogP contribution in [0.1, 0.15) is 19.3 Å². The fourth-order valence-electron chi connectivity index (χ4n) is 4.73. The SMILES string of the molecule is O=C1NNC(C2CCCN(CCC(=O)N3CCN(c4ccc(Cl)cn4)CC3)C2)C=C1C(F)(F)F. The van der Waals surface area contributed by atoms with E-state index in [1.165, 1.54) is 0 Å². The minimum Gasteiger partial charge on any atom is -0.353 e. The third-order valence-corrected chi connectivity index (χ3v) is 6.83. The van der Waals surface area contributed by atoms with E-state index in [9.17, 15) is 22.8 Å². The number of carbonyl (C=O) groups is 2. The fourth-order valence-corrected chi connectivity index (χ4v) is 4.84. The Hall–Kier alpha value is -2.37. The first-order valence-electron chi connectivity index (χ1n) is 11.4. The highest BCUT2D eigenvalue weighted by Crippen LogP contribution is 2.30. The summed E-state index contributed by atoms with van der Waals surface area (Å²) in [5.41, 5.74) is 3.69. The van der Waals surface area contributed by atoms with Gasteiger partial charge in [-0.3, -0.25) is 15.0 Å². The molecule has 0 aromatic carbocycles. The number of hydrazine groups is 1. The molecule has 2 unspecified atom stereocenters. The number of hydrogen-bond donors (Lipinski definition) is 2. The zero-order valence-corrected chi connectivity index (χ0v) is 19.4. The minimum atomic E-state index is -4.68. The number of pyridine rings is 1. The van der Waals surface area contributed by atoms with E-state index >= 15 is 0 Å². The van der Waals surface area contributed by atoms with Gasteiger partial charge in [-0.2, -0.15) is 13.2 Å². The van der Waals surface area contributed by atoms with E-state index in [0.29, 0.717) is 50.7 Å². The zero-order chi connectivity index (χ0) is 24.3. The topological polar surface area (TPSA) is 80.8 Å². The highest BCUT2D eigenvalue weighted by molar-refractivity contribution is 6.30. The van der Waals surface area contributed by atoms with Crippen LogP contribution in [-0.4, -0.2) is 84.6 Å². The predicted octanol–water partition coefficient (Wildman–Crippen LogP) is 1.98. The molecule has 3 aliphatic heterocycles. The maximum atomic E-state index is 13.1. The molecule has 0 spiro atoms. The summed E-state index contributed by atoms with van der Waals surface area (Å²) in [6, 6.07) is 3.07. The average molecular weight is 501 g/mol. The Kier molecular flexibility index (Phi) is 7.63. The molecule has 0 saturated carbocycles. The lowest BCUT2D eigenvalue weighted by Gasteiger charge is -2.38. The number of piperidine rings is 1. The molecule has 2 amide bonds. The molecule has 2 fully saturated rings. The van der Waals surface area contributed by atoms with E-state index in [0.717, 1.165) is 31.3 Å². The number of alkyl halides is 3. The Morgan fingerprint density at radius 2 is 1.94 bits per heavy atom. The Morgan fingerprint density at radius 1 is 1.18 bits per heavy atom. The summed E-state index contributed by atoms with van der Waals surface area (Å²) in [5, 5.41) is 0.582. The molecule has 186 valence electrons. The summed E-state index contributed by atoms with van der Waals surface area (Å²) in [5.74, 6) is -0.328. The number of nitrogens with zero attached hydrogens (tertiary/aromatic N) is 4. The monoisotopic (exact) mass is 500 g/mol. The average Bonchev–Trinajstić information content (AvgIpc) is 2.83. The second-order valence-electron chi connectivity index (χ2n) is 8.86. The van der Waals surface area contributed by atoms with E-state index in [1.807, 2.05) is 11.0 Å². The first-order valence-corrected chi connectivity index (χ1v) is 11.8. The first-order chi connectivity index (χ1) is 16.2. The van der Waals surface area contributed by atoms with Crippen LogP contribution in [0.2, 0.25) is 5.02 Å². The summed E-state index contributed by atoms with van der Waals surface area (Å²) in [4.78, 5) is 34.7. The molecule has 8 nitrogen and oxygen atoms in total. The van der Waals surface area contributed by atoms with Crippen molar-refractivity contribution < 1.29 is 22.8 Å². The number of anilines is 1. The van der Waals surface area contributed by atoms with Crippen molar-refractivity contribution in [2.75, 3.05) is 50.7 Å². The van der Waals surface area contributed by atoms with Crippen molar-refractivity contribution in [2.45, 2.75) is 31.5 Å². The van der Waals surface area contributed by atoms with Crippen molar-refractivity contribution in [3.63, 3.8) is 0 Å². The summed E-state index contributed by atoms with van der Waals surface area (Å²) in [6.45, 7) is 4.54. The van der Waals surface area contributed by atoms with Crippen molar-refractivity contribution in [1.82, 2.24) is 25.6 Å². The summed E-state index contributed by atoms with van der Waals surface area (Å²) >= 11 is 5.89. The molecule has 0 aliphatic carbocycles. The van der Waals surface area contributed by atoms with E-state index in [4.69, 9.17) is 11.6 Å². The number of carbonyl (C=O) groups excluding carboxylic acids is 2. The van der Waals surface area contributed by atoms with Crippen molar-refractivity contribution in [2.24, 2.45) is 5.92 Å². The van der Waals surface area contributed by atoms with Crippen molar-refractivity contribution in [3.05, 3.63) is 35.0 Å². The van der Waals surface area contributed by atoms with Crippen molar-refractivity contribution in [3.8, 4) is 0 Å². The number of likely N-dealkylation sites (tertiary alicyclic amines) is 1. The maximum Gasteiger partial charge on any atom is 0.421 e. The largest absolute Gasteiger partial charge is 0.421 e. The van der Waals surface area contributed by atoms with Crippen LogP contribution in [0.25, 0.3) is 0 Å². The number of nitrogens with one attached hydrogen (secondary N) is 2. The smallest absolute Gasteiger partial charge is 0.353 e. The standard InChI is InChI=1S/C22H28ClF3N6O2/c23-16-3-4-19(27-13-16)31-8-10-32(11-9-31)20(33)5-7-30-6-1-2-15(14-30)18-12-17(22(24,25)26)21(34)29-28-18/h3-4,12-13,15,18,28H,1-2,5-11,14H2,(H,29,34). The Labute approximate surface area is 201 Å². The molecule has 1 aromatic rings. The molecule has 0 radical (unpaired) electrons. The predicted molar refractivity (Wildman–Crippen MR) is 121 cm³/mol. The van der Waals surface area contributed by atoms with Gasteiger partial charge in [-0.05, 0) is 43.5 Å². The van der Waals surface area contributed by atoms with Crippen LogP contribution in [0.15, 0.2) is 30.0 Å². The van der Waals surface area contributed by atoms with Gasteiger partial charge in [-0.1, -0.05) is 11.6 Å². The van der Waals surface area contributed by atoms with Gasteiger partial charge in [0.2, 0.25) is 5.91 Å². The van der Waals surface area contributed by atoms with Crippen molar-refractivity contribution >= 4 is 29.2 Å². The van der Waals surface area contributed by atoms with Crippen LogP contribution in [-0.2, 0) is 9.59 Å². The van der Waals surface area contributed by atoms with E-state index < -0.39 is 23.7 Å². The van der Waals surface area contributed by atoms with Crippen LogP contribution in [0.4, 0.5) is 19.0 Å². The molecule has 2 N–H and O–H groups in total. The molecule has 1 aromatic heterocycles. The van der Waals surface area contributed by atoms with Gasteiger partial charge in [0.25, 0.3) is 5.91 Å². The normalized spacial score (nSPS) is 24.6. The summed E-state index contributed by atoms with van der Waals surface area (Å²) in [6.07, 6.45) is -0.138. The lowest BCUT2D eigenvalue weighted by molar-refractivity contribution is -0.134. The quantitative estimate of drug-likeness (QED) is 0.643. The number of piperazine rings is 1. The van der Waals surface area contributed by atoms with E-state index in [-0.39, 0.29) is 11.8 Å². The van der Waals surface area contributed by atoms with Crippen LogP contribution < -0.4 is 15.8 Å². The Morgan fingerprint density at radius 3 is 2.62 bits per heavy atom. The molecule has 2 atom stereocenters. The Balaban J connectivity index is 1.25. The molecule has 12 heteroatoms. The van der Waals surface area contributed by atoms with Gasteiger partial charge in [0.15, 0.2) is 0 Å². The number of amides is 2. The highest BCUT2D eigenvalue weighted by Gasteiger charge is 2.42. The van der Waals surface area contributed by atoms with E-state index in [1.54, 1.807) is 12.3 Å². The lowest BCUT2D eigenvalue weighted by atomic mass is 9.88. The number of rotatable bonds is 5. The van der Waals surface area contributed by atoms with Crippen LogP contribution >= 0.6 is 11.6 Å². The second kappa shape index (κ2) is 10.5. The molecular weight excluding hydrogens is 473 g/mol. The zero-order valence-electron chi connectivity index (χ0n) is 18.7. The van der Waals surface area contributed by atoms with Gasteiger partial charge in [-0.25, -0.2) is 10.4 Å². The molecule has 3 aliphatic rings. The number of aromatic nitrogens is 1. The molecule has 4 heterocycles. The van der Waals surface area contributed by atoms with Gasteiger partial charge in [-0.15, -0.1) is 0 Å². The van der Waals surface area contributed by atoms with Gasteiger partial charge in [0.1, 0.15) is 11.4 Å². The molecule has 0 bridgehead atoms. The highest BCUT2D eigenvalue weighted by atomic mass is 35.5. The van der Waals surface area contributed by atoms with Crippen LogP contribution in [0.3, 0.4) is 0 Å². The molecule has 2 saturated heterocycles. The summed E-state index contributed by atoms with van der Waals surface area (Å²) in [7, 11) is 0. The fraction of sp³-hybridized carbons (Fsp3) is 0.591. The maximum absolute atomic E-state index is 13.1. The van der Waals surface area contributed by atoms with Gasteiger partial charge >= 0.3 is 6.18 Å². The number of halogens is 4. The second-order valence-corrected chi connectivity index (χ2v) is 9.29. The first kappa shape index (κ1) is 24.7. The van der Waals surface area contributed by atoms with Gasteiger partial charge < -0.3 is 14.7 Å². The third-order valence-electron chi connectivity index (χ3n) is 6.61. The van der Waals surface area contributed by atoms with E-state index in [2.05, 4.69) is 25.6 Å². The molecule has 4 rings (SSSR count). The summed E-state index contributed by atoms with van der Waals surface area (Å²) < 4.78 is 39.3. The molecule has 34 heavy (non-hydrogen) atoms. The van der Waals surface area contributed by atoms with Gasteiger partial charge in [0, 0.05) is 57.9 Å².